The SMILES string of the molecule is Oc1ccccc1-c1cccnc1-c1ccccc1O.[Be]. The molecule has 0 unspecified atom stereocenters. The third-order valence-corrected chi connectivity index (χ3v) is 3.16. The molecule has 3 aromatic rings. The summed E-state index contributed by atoms with van der Waals surface area (Å²) in [6.07, 6.45) is 1.67. The van der Waals surface area contributed by atoms with Crippen molar-refractivity contribution in [3.05, 3.63) is 66.9 Å². The van der Waals surface area contributed by atoms with E-state index in [-0.39, 0.29) is 21.6 Å². The van der Waals surface area contributed by atoms with Gasteiger partial charge in [0.05, 0.1) is 5.69 Å². The van der Waals surface area contributed by atoms with Crippen LogP contribution >= 0.6 is 0 Å². The number of hydrogen-bond donors (Lipinski definition) is 2. The van der Waals surface area contributed by atoms with Crippen LogP contribution in [0.5, 0.6) is 11.5 Å². The maximum atomic E-state index is 10.0. The van der Waals surface area contributed by atoms with Gasteiger partial charge in [0.25, 0.3) is 0 Å². The van der Waals surface area contributed by atoms with Crippen molar-refractivity contribution in [1.29, 1.82) is 0 Å². The van der Waals surface area contributed by atoms with Crippen LogP contribution < -0.4 is 0 Å². The van der Waals surface area contributed by atoms with Gasteiger partial charge in [-0.15, -0.1) is 0 Å². The molecular weight excluding hydrogens is 259 g/mol. The Hall–Kier alpha value is -2.64. The first kappa shape index (κ1) is 14.8. The molecule has 0 amide bonds. The Morgan fingerprint density at radius 1 is 0.619 bits per heavy atom. The summed E-state index contributed by atoms with van der Waals surface area (Å²) in [7, 11) is 0. The van der Waals surface area contributed by atoms with Crippen LogP contribution in [0.1, 0.15) is 0 Å². The molecule has 4 heteroatoms. The van der Waals surface area contributed by atoms with Crippen molar-refractivity contribution in [1.82, 2.24) is 4.98 Å². The quantitative estimate of drug-likeness (QED) is 0.702. The zero-order valence-electron chi connectivity index (χ0n) is 11.4. The molecule has 0 aliphatic heterocycles. The van der Waals surface area contributed by atoms with Crippen LogP contribution in [0.25, 0.3) is 22.4 Å². The maximum Gasteiger partial charge on any atom is 0.124 e. The zero-order valence-corrected chi connectivity index (χ0v) is 11.4. The van der Waals surface area contributed by atoms with Crippen LogP contribution in [-0.4, -0.2) is 25.3 Å². The van der Waals surface area contributed by atoms with Crippen LogP contribution in [0.3, 0.4) is 0 Å². The Balaban J connectivity index is 0.00000161. The van der Waals surface area contributed by atoms with Gasteiger partial charge in [-0.3, -0.25) is 4.98 Å². The minimum Gasteiger partial charge on any atom is -0.507 e. The Morgan fingerprint density at radius 3 is 1.76 bits per heavy atom. The Morgan fingerprint density at radius 2 is 1.14 bits per heavy atom. The van der Waals surface area contributed by atoms with Crippen LogP contribution in [0.15, 0.2) is 66.9 Å². The fourth-order valence-corrected chi connectivity index (χ4v) is 2.21. The van der Waals surface area contributed by atoms with Gasteiger partial charge in [-0.2, -0.15) is 0 Å². The van der Waals surface area contributed by atoms with Gasteiger partial charge in [-0.25, -0.2) is 0 Å². The van der Waals surface area contributed by atoms with Crippen molar-refractivity contribution in [3.8, 4) is 33.9 Å². The number of aromatic nitrogens is 1. The number of rotatable bonds is 2. The van der Waals surface area contributed by atoms with Crippen LogP contribution in [-0.2, 0) is 0 Å². The smallest absolute Gasteiger partial charge is 0.124 e. The first-order valence-corrected chi connectivity index (χ1v) is 6.29. The molecule has 0 spiro atoms. The molecule has 0 saturated heterocycles. The number of hydrogen-bond acceptors (Lipinski definition) is 3. The van der Waals surface area contributed by atoms with Crippen LogP contribution in [0.4, 0.5) is 0 Å². The van der Waals surface area contributed by atoms with Crippen LogP contribution in [0, 0.1) is 0 Å². The largest absolute Gasteiger partial charge is 0.507 e. The van der Waals surface area contributed by atoms with Gasteiger partial charge < -0.3 is 10.2 Å². The summed E-state index contributed by atoms with van der Waals surface area (Å²) in [4.78, 5) is 4.36. The molecule has 2 N–H and O–H groups in total. The number of phenols is 2. The molecule has 21 heavy (non-hydrogen) atoms. The summed E-state index contributed by atoms with van der Waals surface area (Å²) >= 11 is 0. The number of benzene rings is 2. The Labute approximate surface area is 126 Å². The van der Waals surface area contributed by atoms with Gasteiger partial charge in [0.15, 0.2) is 0 Å². The number of nitrogens with zero attached hydrogens (tertiary/aromatic N) is 1. The Bertz CT molecular complexity index is 695. The van der Waals surface area contributed by atoms with Crippen molar-refractivity contribution >= 4 is 10.1 Å². The monoisotopic (exact) mass is 272 g/mol. The van der Waals surface area contributed by atoms with Crippen molar-refractivity contribution < 1.29 is 10.2 Å². The second-order valence-electron chi connectivity index (χ2n) is 4.43. The average molecular weight is 272 g/mol. The van der Waals surface area contributed by atoms with E-state index >= 15 is 0 Å². The standard InChI is InChI=1S/C17H13NO2.Be/c19-15-9-3-1-6-12(15)13-8-5-11-18-17(13)14-7-2-4-10-16(14)20;/h1-11,19-20H;. The topological polar surface area (TPSA) is 53.4 Å². The molecule has 0 fully saturated rings. The molecule has 100 valence electrons. The summed E-state index contributed by atoms with van der Waals surface area (Å²) in [5, 5.41) is 20.0. The molecule has 3 rings (SSSR count). The van der Waals surface area contributed by atoms with E-state index in [9.17, 15) is 10.2 Å². The van der Waals surface area contributed by atoms with Gasteiger partial charge in [0.2, 0.25) is 0 Å². The fourth-order valence-electron chi connectivity index (χ4n) is 2.21. The van der Waals surface area contributed by atoms with Crippen molar-refractivity contribution in [2.45, 2.75) is 0 Å². The van der Waals surface area contributed by atoms with E-state index in [1.165, 1.54) is 0 Å². The van der Waals surface area contributed by atoms with E-state index in [0.29, 0.717) is 16.8 Å². The molecular formula is C17H13BeNO2. The maximum absolute atomic E-state index is 10.0. The van der Waals surface area contributed by atoms with Gasteiger partial charge in [-0.05, 0) is 24.3 Å². The van der Waals surface area contributed by atoms with Gasteiger partial charge in [0.1, 0.15) is 11.5 Å². The minimum absolute atomic E-state index is 0. The summed E-state index contributed by atoms with van der Waals surface area (Å²) in [5.41, 5.74) is 2.77. The average Bonchev–Trinajstić information content (AvgIpc) is 2.48. The number of pyridine rings is 1. The molecule has 1 aromatic heterocycles. The summed E-state index contributed by atoms with van der Waals surface area (Å²) in [6, 6.07) is 17.8. The predicted octanol–water partition coefficient (Wildman–Crippen LogP) is 3.45. The molecule has 0 bridgehead atoms. The molecule has 2 aromatic carbocycles. The first-order valence-electron chi connectivity index (χ1n) is 6.29. The van der Waals surface area contributed by atoms with E-state index in [4.69, 9.17) is 0 Å². The Kier molecular flexibility index (Phi) is 4.36. The van der Waals surface area contributed by atoms with Gasteiger partial charge in [0, 0.05) is 33.0 Å². The van der Waals surface area contributed by atoms with E-state index < -0.39 is 0 Å². The van der Waals surface area contributed by atoms with Crippen molar-refractivity contribution in [2.75, 3.05) is 0 Å². The number of aromatic hydroxyl groups is 2. The summed E-state index contributed by atoms with van der Waals surface area (Å²) < 4.78 is 0. The predicted molar refractivity (Wildman–Crippen MR) is 84.2 cm³/mol. The van der Waals surface area contributed by atoms with Gasteiger partial charge in [-0.1, -0.05) is 36.4 Å². The zero-order chi connectivity index (χ0) is 13.9. The van der Waals surface area contributed by atoms with Crippen LogP contribution in [0.2, 0.25) is 0 Å². The first-order chi connectivity index (χ1) is 9.77. The van der Waals surface area contributed by atoms with Gasteiger partial charge >= 0.3 is 0 Å². The molecule has 0 atom stereocenters. The minimum atomic E-state index is 0. The molecule has 1 heterocycles. The van der Waals surface area contributed by atoms with Crippen molar-refractivity contribution in [3.63, 3.8) is 0 Å². The summed E-state index contributed by atoms with van der Waals surface area (Å²) in [6.45, 7) is 0. The normalized spacial score (nSPS) is 9.90. The van der Waals surface area contributed by atoms with E-state index in [0.717, 1.165) is 5.56 Å². The molecule has 0 saturated carbocycles. The van der Waals surface area contributed by atoms with E-state index in [2.05, 4.69) is 4.98 Å². The molecule has 2 radical (unpaired) electrons. The third-order valence-electron chi connectivity index (χ3n) is 3.16. The second kappa shape index (κ2) is 6.21. The van der Waals surface area contributed by atoms with E-state index in [1.54, 1.807) is 36.5 Å². The second-order valence-corrected chi connectivity index (χ2v) is 4.43. The molecule has 3 nitrogen and oxygen atoms in total. The fraction of sp³-hybridized carbons (Fsp3) is 0. The summed E-state index contributed by atoms with van der Waals surface area (Å²) in [5.74, 6) is 0.361. The number of para-hydroxylation sites is 2. The molecule has 0 aliphatic carbocycles. The molecule has 0 aliphatic rings. The van der Waals surface area contributed by atoms with Crippen molar-refractivity contribution in [2.24, 2.45) is 0 Å². The third kappa shape index (κ3) is 2.78. The van der Waals surface area contributed by atoms with E-state index in [1.807, 2.05) is 30.3 Å². The number of phenolic OH excluding ortho intramolecular Hbond substituents is 2.